The van der Waals surface area contributed by atoms with E-state index < -0.39 is 58.3 Å². The highest BCUT2D eigenvalue weighted by molar-refractivity contribution is 7.85. The molecule has 0 radical (unpaired) electrons. The van der Waals surface area contributed by atoms with Crippen molar-refractivity contribution < 1.29 is 33.0 Å². The van der Waals surface area contributed by atoms with Gasteiger partial charge in [0, 0.05) is 24.8 Å². The average Bonchev–Trinajstić information content (AvgIpc) is 2.80. The van der Waals surface area contributed by atoms with E-state index in [1.165, 1.54) is 0 Å². The molecule has 0 aliphatic carbocycles. The van der Waals surface area contributed by atoms with Crippen LogP contribution in [-0.2, 0) is 21.4 Å². The normalized spacial score (nSPS) is 26.9. The maximum Gasteiger partial charge on any atom is 0.330 e. The molecule has 0 amide bonds. The molecule has 1 aromatic heterocycles. The SMILES string of the molecule is O=c1[nH]c(=O)n([C@@H]2O[C@H](CO)[C@@H](O)[C@H]2O)cc1CNCCS(=O)(=O)[O-]. The van der Waals surface area contributed by atoms with Crippen LogP contribution in [0.15, 0.2) is 15.8 Å². The predicted molar refractivity (Wildman–Crippen MR) is 80.6 cm³/mol. The summed E-state index contributed by atoms with van der Waals surface area (Å²) < 4.78 is 37.6. The smallest absolute Gasteiger partial charge is 0.330 e. The van der Waals surface area contributed by atoms with Crippen molar-refractivity contribution >= 4 is 10.1 Å². The van der Waals surface area contributed by atoms with Gasteiger partial charge in [-0.2, -0.15) is 0 Å². The van der Waals surface area contributed by atoms with Crippen LogP contribution in [0.1, 0.15) is 11.8 Å². The van der Waals surface area contributed by atoms with Crippen molar-refractivity contribution in [1.82, 2.24) is 14.9 Å². The van der Waals surface area contributed by atoms with Gasteiger partial charge in [-0.05, 0) is 0 Å². The number of aromatic amines is 1. The molecule has 0 bridgehead atoms. The molecular formula is C12H18N3O9S-. The second-order valence-electron chi connectivity index (χ2n) is 5.49. The second kappa shape index (κ2) is 7.74. The quantitative estimate of drug-likeness (QED) is 0.228. The number of ether oxygens (including phenoxy) is 1. The largest absolute Gasteiger partial charge is 0.748 e. The molecule has 4 atom stereocenters. The minimum atomic E-state index is -4.40. The van der Waals surface area contributed by atoms with Gasteiger partial charge in [-0.15, -0.1) is 0 Å². The topological polar surface area (TPSA) is 194 Å². The predicted octanol–water partition coefficient (Wildman–Crippen LogP) is -4.22. The van der Waals surface area contributed by atoms with E-state index in [-0.39, 0.29) is 18.7 Å². The van der Waals surface area contributed by atoms with Gasteiger partial charge in [-0.3, -0.25) is 14.3 Å². The highest BCUT2D eigenvalue weighted by atomic mass is 32.2. The summed E-state index contributed by atoms with van der Waals surface area (Å²) in [6.45, 7) is -0.927. The van der Waals surface area contributed by atoms with Crippen LogP contribution in [0.5, 0.6) is 0 Å². The van der Waals surface area contributed by atoms with E-state index in [0.29, 0.717) is 0 Å². The van der Waals surface area contributed by atoms with Gasteiger partial charge < -0.3 is 29.9 Å². The summed E-state index contributed by atoms with van der Waals surface area (Å²) in [6.07, 6.45) is -4.26. The number of hydrogen-bond donors (Lipinski definition) is 5. The van der Waals surface area contributed by atoms with Gasteiger partial charge in [0.1, 0.15) is 18.3 Å². The Kier molecular flexibility index (Phi) is 6.10. The number of rotatable bonds is 7. The van der Waals surface area contributed by atoms with Crippen molar-refractivity contribution in [2.45, 2.75) is 31.1 Å². The molecule has 2 rings (SSSR count). The van der Waals surface area contributed by atoms with Crippen molar-refractivity contribution in [2.24, 2.45) is 0 Å². The number of nitrogens with one attached hydrogen (secondary N) is 2. The number of aromatic nitrogens is 2. The lowest BCUT2D eigenvalue weighted by atomic mass is 10.1. The van der Waals surface area contributed by atoms with Crippen molar-refractivity contribution in [3.8, 4) is 0 Å². The standard InChI is InChI=1S/C12H19N3O9S/c16-5-7-8(17)9(18)11(24-7)15-4-6(10(19)14-12(15)20)3-13-1-2-25(21,22)23/h4,7-9,11,13,16-18H,1-3,5H2,(H,14,19,20)(H,21,22,23)/p-1/t7-,8-,9-,11-/m1/s1. The van der Waals surface area contributed by atoms with Gasteiger partial charge in [-0.25, -0.2) is 13.2 Å². The van der Waals surface area contributed by atoms with E-state index in [2.05, 4.69) is 5.32 Å². The number of hydrogen-bond acceptors (Lipinski definition) is 10. The molecule has 2 heterocycles. The van der Waals surface area contributed by atoms with E-state index in [0.717, 1.165) is 10.8 Å². The lowest BCUT2D eigenvalue weighted by molar-refractivity contribution is -0.0551. The summed E-state index contributed by atoms with van der Waals surface area (Å²) in [6, 6.07) is 0. The molecular weight excluding hydrogens is 362 g/mol. The molecule has 1 saturated heterocycles. The molecule has 1 fully saturated rings. The Morgan fingerprint density at radius 2 is 2.00 bits per heavy atom. The highest BCUT2D eigenvalue weighted by Crippen LogP contribution is 2.27. The maximum absolute atomic E-state index is 11.9. The van der Waals surface area contributed by atoms with Crippen LogP contribution >= 0.6 is 0 Å². The zero-order valence-electron chi connectivity index (χ0n) is 12.9. The van der Waals surface area contributed by atoms with E-state index in [1.54, 1.807) is 0 Å². The fourth-order valence-electron chi connectivity index (χ4n) is 2.37. The first-order valence-electron chi connectivity index (χ1n) is 7.25. The fourth-order valence-corrected chi connectivity index (χ4v) is 2.77. The molecule has 12 nitrogen and oxygen atoms in total. The van der Waals surface area contributed by atoms with Crippen LogP contribution in [0.4, 0.5) is 0 Å². The molecule has 1 aliphatic heterocycles. The lowest BCUT2D eigenvalue weighted by Gasteiger charge is -2.18. The number of H-pyrrole nitrogens is 1. The Morgan fingerprint density at radius 3 is 2.56 bits per heavy atom. The van der Waals surface area contributed by atoms with Crippen LogP contribution < -0.4 is 16.6 Å². The zero-order valence-corrected chi connectivity index (χ0v) is 13.7. The van der Waals surface area contributed by atoms with Crippen molar-refractivity contribution in [3.05, 3.63) is 32.6 Å². The number of aliphatic hydroxyl groups excluding tert-OH is 3. The van der Waals surface area contributed by atoms with Crippen molar-refractivity contribution in [3.63, 3.8) is 0 Å². The van der Waals surface area contributed by atoms with E-state index >= 15 is 0 Å². The molecule has 5 N–H and O–H groups in total. The summed E-state index contributed by atoms with van der Waals surface area (Å²) in [7, 11) is -4.40. The number of nitrogens with zero attached hydrogens (tertiary/aromatic N) is 1. The molecule has 1 aromatic rings. The molecule has 0 unspecified atom stereocenters. The minimum Gasteiger partial charge on any atom is -0.748 e. The van der Waals surface area contributed by atoms with Crippen LogP contribution in [0, 0.1) is 0 Å². The third-order valence-corrected chi connectivity index (χ3v) is 4.38. The van der Waals surface area contributed by atoms with E-state index in [9.17, 15) is 32.8 Å². The first kappa shape index (κ1) is 19.7. The van der Waals surface area contributed by atoms with Crippen LogP contribution in [-0.4, -0.2) is 75.1 Å². The molecule has 0 spiro atoms. The van der Waals surface area contributed by atoms with Crippen LogP contribution in [0.2, 0.25) is 0 Å². The van der Waals surface area contributed by atoms with Crippen LogP contribution in [0.25, 0.3) is 0 Å². The molecule has 25 heavy (non-hydrogen) atoms. The highest BCUT2D eigenvalue weighted by Gasteiger charge is 2.43. The maximum atomic E-state index is 11.9. The van der Waals surface area contributed by atoms with E-state index in [4.69, 9.17) is 9.84 Å². The molecule has 1 aliphatic rings. The molecule has 142 valence electrons. The average molecular weight is 380 g/mol. The third kappa shape index (κ3) is 4.72. The minimum absolute atomic E-state index is 0.0145. The Hall–Kier alpha value is -1.61. The summed E-state index contributed by atoms with van der Waals surface area (Å²) in [4.78, 5) is 25.7. The van der Waals surface area contributed by atoms with Gasteiger partial charge in [0.2, 0.25) is 0 Å². The van der Waals surface area contributed by atoms with Gasteiger partial charge in [0.25, 0.3) is 5.56 Å². The summed E-state index contributed by atoms with van der Waals surface area (Å²) in [5.74, 6) is -0.667. The Morgan fingerprint density at radius 1 is 1.32 bits per heavy atom. The molecule has 0 aromatic carbocycles. The Bertz CT molecular complexity index is 818. The third-order valence-electron chi connectivity index (χ3n) is 3.68. The van der Waals surface area contributed by atoms with Gasteiger partial charge >= 0.3 is 5.69 Å². The summed E-state index contributed by atoms with van der Waals surface area (Å²) in [5.41, 5.74) is -1.63. The number of aliphatic hydroxyl groups is 3. The fraction of sp³-hybridized carbons (Fsp3) is 0.667. The van der Waals surface area contributed by atoms with Crippen molar-refractivity contribution in [2.75, 3.05) is 18.9 Å². The van der Waals surface area contributed by atoms with Gasteiger partial charge in [0.05, 0.1) is 22.5 Å². The van der Waals surface area contributed by atoms with Crippen molar-refractivity contribution in [1.29, 1.82) is 0 Å². The van der Waals surface area contributed by atoms with Gasteiger partial charge in [0.15, 0.2) is 6.23 Å². The molecule has 13 heteroatoms. The first-order chi connectivity index (χ1) is 11.6. The first-order valence-corrected chi connectivity index (χ1v) is 8.83. The monoisotopic (exact) mass is 380 g/mol. The molecule has 0 saturated carbocycles. The van der Waals surface area contributed by atoms with E-state index in [1.807, 2.05) is 4.98 Å². The lowest BCUT2D eigenvalue weighted by Crippen LogP contribution is -2.39. The van der Waals surface area contributed by atoms with Gasteiger partial charge in [-0.1, -0.05) is 0 Å². The Labute approximate surface area is 141 Å². The summed E-state index contributed by atoms with van der Waals surface area (Å²) in [5, 5.41) is 31.3. The van der Waals surface area contributed by atoms with Crippen LogP contribution in [0.3, 0.4) is 0 Å². The zero-order chi connectivity index (χ0) is 18.8. The Balaban J connectivity index is 2.18. The summed E-state index contributed by atoms with van der Waals surface area (Å²) >= 11 is 0. The second-order valence-corrected chi connectivity index (χ2v) is 7.01.